The first-order valence-electron chi connectivity index (χ1n) is 12.6. The monoisotopic (exact) mass is 472 g/mol. The predicted molar refractivity (Wildman–Crippen MR) is 142 cm³/mol. The number of amides is 1. The van der Waals surface area contributed by atoms with Crippen molar-refractivity contribution in [3.05, 3.63) is 77.4 Å². The summed E-state index contributed by atoms with van der Waals surface area (Å²) in [5, 5.41) is 6.70. The molecule has 184 valence electrons. The van der Waals surface area contributed by atoms with Crippen LogP contribution in [0.2, 0.25) is 0 Å². The number of carbonyl (C=O) groups is 1. The number of hydrogen-bond donors (Lipinski definition) is 2. The Kier molecular flexibility index (Phi) is 6.52. The SMILES string of the molecule is Cc1ccc(NC(=O)C2(c3ccc4c(c3)OCO4)CC2)cc1-c1ccc(CNCCC(C)C)cc1.[HH]. The molecule has 1 amide bonds. The Bertz CT molecular complexity index is 1220. The van der Waals surface area contributed by atoms with E-state index >= 15 is 0 Å². The molecule has 35 heavy (non-hydrogen) atoms. The van der Waals surface area contributed by atoms with Crippen LogP contribution < -0.4 is 20.1 Å². The van der Waals surface area contributed by atoms with Crippen LogP contribution in [0.3, 0.4) is 0 Å². The molecule has 0 saturated heterocycles. The Labute approximate surface area is 209 Å². The lowest BCUT2D eigenvalue weighted by Crippen LogP contribution is -2.27. The van der Waals surface area contributed by atoms with Gasteiger partial charge in [0.05, 0.1) is 5.41 Å². The highest BCUT2D eigenvalue weighted by molar-refractivity contribution is 6.02. The molecule has 2 aliphatic rings. The number of ether oxygens (including phenoxy) is 2. The van der Waals surface area contributed by atoms with E-state index in [0.29, 0.717) is 5.92 Å². The third-order valence-corrected chi connectivity index (χ3v) is 7.10. The first-order chi connectivity index (χ1) is 16.9. The zero-order valence-corrected chi connectivity index (χ0v) is 20.8. The Morgan fingerprint density at radius 1 is 1.00 bits per heavy atom. The first kappa shape index (κ1) is 23.4. The van der Waals surface area contributed by atoms with Gasteiger partial charge in [-0.3, -0.25) is 4.79 Å². The minimum atomic E-state index is -0.490. The zero-order valence-electron chi connectivity index (χ0n) is 20.8. The van der Waals surface area contributed by atoms with E-state index in [1.807, 2.05) is 24.3 Å². The number of carbonyl (C=O) groups excluding carboxylic acids is 1. The van der Waals surface area contributed by atoms with Gasteiger partial charge < -0.3 is 20.1 Å². The first-order valence-corrected chi connectivity index (χ1v) is 12.6. The van der Waals surface area contributed by atoms with Gasteiger partial charge in [0.2, 0.25) is 12.7 Å². The van der Waals surface area contributed by atoms with Crippen LogP contribution in [0, 0.1) is 12.8 Å². The molecule has 5 rings (SSSR count). The van der Waals surface area contributed by atoms with E-state index < -0.39 is 5.41 Å². The maximum atomic E-state index is 13.4. The molecule has 5 heteroatoms. The molecule has 0 bridgehead atoms. The molecule has 1 saturated carbocycles. The van der Waals surface area contributed by atoms with Crippen molar-refractivity contribution in [1.29, 1.82) is 0 Å². The second kappa shape index (κ2) is 9.74. The maximum absolute atomic E-state index is 13.4. The molecule has 0 radical (unpaired) electrons. The lowest BCUT2D eigenvalue weighted by molar-refractivity contribution is -0.118. The molecule has 3 aromatic rings. The standard InChI is InChI=1S/C30H34N2O3.H2/c1-20(2)12-15-31-18-22-5-7-23(8-6-22)26-17-25(10-4-21(26)3)32-29(33)30(13-14-30)24-9-11-27-28(16-24)35-19-34-27;/h4-11,16-17,20,31H,12-15,18-19H2,1-3H3,(H,32,33);1H. The molecule has 2 N–H and O–H groups in total. The van der Waals surface area contributed by atoms with Crippen LogP contribution in [-0.2, 0) is 16.8 Å². The highest BCUT2D eigenvalue weighted by Gasteiger charge is 2.51. The molecule has 0 spiro atoms. The average Bonchev–Trinajstić information content (AvgIpc) is 3.54. The van der Waals surface area contributed by atoms with Gasteiger partial charge in [0, 0.05) is 13.7 Å². The van der Waals surface area contributed by atoms with Crippen molar-refractivity contribution in [2.24, 2.45) is 5.92 Å². The second-order valence-electron chi connectivity index (χ2n) is 10.2. The predicted octanol–water partition coefficient (Wildman–Crippen LogP) is 6.44. The topological polar surface area (TPSA) is 59.6 Å². The van der Waals surface area contributed by atoms with E-state index in [-0.39, 0.29) is 14.1 Å². The quantitative estimate of drug-likeness (QED) is 0.352. The van der Waals surface area contributed by atoms with Gasteiger partial charge in [-0.05, 0) is 90.7 Å². The largest absolute Gasteiger partial charge is 0.454 e. The smallest absolute Gasteiger partial charge is 0.235 e. The third kappa shape index (κ3) is 5.06. The van der Waals surface area contributed by atoms with Crippen LogP contribution in [0.4, 0.5) is 5.69 Å². The molecule has 1 heterocycles. The third-order valence-electron chi connectivity index (χ3n) is 7.10. The van der Waals surface area contributed by atoms with E-state index in [9.17, 15) is 4.79 Å². The van der Waals surface area contributed by atoms with Crippen molar-refractivity contribution in [1.82, 2.24) is 5.32 Å². The van der Waals surface area contributed by atoms with Gasteiger partial charge in [0.25, 0.3) is 0 Å². The van der Waals surface area contributed by atoms with E-state index in [1.165, 1.54) is 17.5 Å². The number of hydrogen-bond acceptors (Lipinski definition) is 4. The van der Waals surface area contributed by atoms with Gasteiger partial charge >= 0.3 is 0 Å². The van der Waals surface area contributed by atoms with E-state index in [2.05, 4.69) is 67.8 Å². The van der Waals surface area contributed by atoms with Crippen LogP contribution in [0.1, 0.15) is 51.2 Å². The van der Waals surface area contributed by atoms with Crippen LogP contribution in [0.5, 0.6) is 11.5 Å². The summed E-state index contributed by atoms with van der Waals surface area (Å²) in [7, 11) is 0. The fraction of sp³-hybridized carbons (Fsp3) is 0.367. The summed E-state index contributed by atoms with van der Waals surface area (Å²) in [6.07, 6.45) is 2.86. The van der Waals surface area contributed by atoms with Crippen molar-refractivity contribution in [3.63, 3.8) is 0 Å². The fourth-order valence-electron chi connectivity index (χ4n) is 4.65. The van der Waals surface area contributed by atoms with Crippen LogP contribution in [-0.4, -0.2) is 19.2 Å². The molecule has 0 atom stereocenters. The van der Waals surface area contributed by atoms with Crippen molar-refractivity contribution in [3.8, 4) is 22.6 Å². The Morgan fingerprint density at radius 2 is 1.77 bits per heavy atom. The summed E-state index contributed by atoms with van der Waals surface area (Å²) in [5.74, 6) is 2.21. The number of fused-ring (bicyclic) bond motifs is 1. The summed E-state index contributed by atoms with van der Waals surface area (Å²) in [6.45, 7) is 8.75. The second-order valence-corrected chi connectivity index (χ2v) is 10.2. The lowest BCUT2D eigenvalue weighted by Gasteiger charge is -2.17. The van der Waals surface area contributed by atoms with Gasteiger partial charge in [-0.15, -0.1) is 0 Å². The van der Waals surface area contributed by atoms with E-state index in [0.717, 1.165) is 59.8 Å². The lowest BCUT2D eigenvalue weighted by atomic mass is 9.94. The van der Waals surface area contributed by atoms with Gasteiger partial charge in [-0.1, -0.05) is 50.2 Å². The van der Waals surface area contributed by atoms with Gasteiger partial charge in [-0.2, -0.15) is 0 Å². The van der Waals surface area contributed by atoms with Gasteiger partial charge in [-0.25, -0.2) is 0 Å². The molecule has 0 unspecified atom stereocenters. The fourth-order valence-corrected chi connectivity index (χ4v) is 4.65. The maximum Gasteiger partial charge on any atom is 0.235 e. The summed E-state index contributed by atoms with van der Waals surface area (Å²) in [5.41, 5.74) is 6.07. The summed E-state index contributed by atoms with van der Waals surface area (Å²) >= 11 is 0. The van der Waals surface area contributed by atoms with E-state index in [4.69, 9.17) is 9.47 Å². The highest BCUT2D eigenvalue weighted by atomic mass is 16.7. The Balaban J connectivity index is 0.00000304. The summed E-state index contributed by atoms with van der Waals surface area (Å²) in [6, 6.07) is 20.7. The molecule has 1 fully saturated rings. The number of aryl methyl sites for hydroxylation is 1. The Hall–Kier alpha value is -3.31. The van der Waals surface area contributed by atoms with Gasteiger partial charge in [0.15, 0.2) is 11.5 Å². The number of nitrogens with one attached hydrogen (secondary N) is 2. The minimum Gasteiger partial charge on any atom is -0.454 e. The molecular formula is C30H36N2O3. The van der Waals surface area contributed by atoms with Crippen molar-refractivity contribution < 1.29 is 15.7 Å². The number of benzene rings is 3. The highest BCUT2D eigenvalue weighted by Crippen LogP contribution is 2.51. The van der Waals surface area contributed by atoms with Gasteiger partial charge in [0.1, 0.15) is 0 Å². The molecular weight excluding hydrogens is 436 g/mol. The average molecular weight is 473 g/mol. The molecule has 1 aliphatic heterocycles. The van der Waals surface area contributed by atoms with Crippen LogP contribution >= 0.6 is 0 Å². The van der Waals surface area contributed by atoms with Crippen molar-refractivity contribution in [2.75, 3.05) is 18.7 Å². The van der Waals surface area contributed by atoms with Crippen molar-refractivity contribution >= 4 is 11.6 Å². The summed E-state index contributed by atoms with van der Waals surface area (Å²) < 4.78 is 10.9. The number of anilines is 1. The minimum absolute atomic E-state index is 0. The zero-order chi connectivity index (χ0) is 24.4. The number of rotatable bonds is 9. The Morgan fingerprint density at radius 3 is 2.51 bits per heavy atom. The molecule has 3 aromatic carbocycles. The normalized spacial score (nSPS) is 15.3. The molecule has 0 aromatic heterocycles. The van der Waals surface area contributed by atoms with Crippen LogP contribution in [0.25, 0.3) is 11.1 Å². The van der Waals surface area contributed by atoms with Crippen LogP contribution in [0.15, 0.2) is 60.7 Å². The van der Waals surface area contributed by atoms with Crippen molar-refractivity contribution in [2.45, 2.75) is 52.0 Å². The van der Waals surface area contributed by atoms with E-state index in [1.54, 1.807) is 0 Å². The summed E-state index contributed by atoms with van der Waals surface area (Å²) in [4.78, 5) is 13.4. The molecule has 1 aliphatic carbocycles. The molecule has 5 nitrogen and oxygen atoms in total.